The van der Waals surface area contributed by atoms with E-state index in [9.17, 15) is 10.1 Å². The Labute approximate surface area is 103 Å². The molecule has 2 aliphatic carbocycles. The van der Waals surface area contributed by atoms with Crippen molar-refractivity contribution in [3.63, 3.8) is 0 Å². The summed E-state index contributed by atoms with van der Waals surface area (Å²) in [6, 6.07) is 2.82. The standard InChI is InChI=1S/C14H20N2O/c15-10-14(6-2-1-3-7-14)13(17)16-9-11-4-5-12(16)8-11/h11-12H,1-9H2. The van der Waals surface area contributed by atoms with Crippen molar-refractivity contribution in [1.82, 2.24) is 4.90 Å². The fourth-order valence-electron chi connectivity index (χ4n) is 3.98. The van der Waals surface area contributed by atoms with Crippen molar-refractivity contribution in [2.24, 2.45) is 11.3 Å². The van der Waals surface area contributed by atoms with Crippen LogP contribution in [0.5, 0.6) is 0 Å². The van der Waals surface area contributed by atoms with Crippen LogP contribution < -0.4 is 0 Å². The zero-order valence-corrected chi connectivity index (χ0v) is 10.3. The van der Waals surface area contributed by atoms with E-state index in [4.69, 9.17) is 0 Å². The summed E-state index contributed by atoms with van der Waals surface area (Å²) in [5, 5.41) is 9.44. The molecule has 3 fully saturated rings. The van der Waals surface area contributed by atoms with Crippen LogP contribution in [-0.2, 0) is 4.79 Å². The molecule has 17 heavy (non-hydrogen) atoms. The van der Waals surface area contributed by atoms with Crippen molar-refractivity contribution in [1.29, 1.82) is 5.26 Å². The zero-order chi connectivity index (χ0) is 11.9. The van der Waals surface area contributed by atoms with Crippen LogP contribution in [0.2, 0.25) is 0 Å². The second kappa shape index (κ2) is 4.01. The van der Waals surface area contributed by atoms with Gasteiger partial charge < -0.3 is 4.90 Å². The molecular formula is C14H20N2O. The van der Waals surface area contributed by atoms with Crippen LogP contribution in [0.3, 0.4) is 0 Å². The van der Waals surface area contributed by atoms with Crippen molar-refractivity contribution < 1.29 is 4.79 Å². The largest absolute Gasteiger partial charge is 0.338 e. The summed E-state index contributed by atoms with van der Waals surface area (Å²) in [4.78, 5) is 14.7. The maximum absolute atomic E-state index is 12.6. The Balaban J connectivity index is 1.78. The van der Waals surface area contributed by atoms with E-state index in [1.54, 1.807) is 0 Å². The van der Waals surface area contributed by atoms with E-state index in [1.807, 2.05) is 4.90 Å². The maximum atomic E-state index is 12.6. The van der Waals surface area contributed by atoms with E-state index in [2.05, 4.69) is 6.07 Å². The lowest BCUT2D eigenvalue weighted by atomic mass is 9.74. The Morgan fingerprint density at radius 3 is 2.53 bits per heavy atom. The summed E-state index contributed by atoms with van der Waals surface area (Å²) < 4.78 is 0. The molecule has 1 saturated heterocycles. The molecule has 92 valence electrons. The number of nitriles is 1. The van der Waals surface area contributed by atoms with Gasteiger partial charge in [-0.1, -0.05) is 19.3 Å². The summed E-state index contributed by atoms with van der Waals surface area (Å²) in [6.07, 6.45) is 8.48. The second-order valence-corrected chi connectivity index (χ2v) is 6.04. The summed E-state index contributed by atoms with van der Waals surface area (Å²) in [5.74, 6) is 0.884. The molecule has 0 N–H and O–H groups in total. The van der Waals surface area contributed by atoms with Gasteiger partial charge in [-0.25, -0.2) is 0 Å². The molecule has 0 spiro atoms. The summed E-state index contributed by atoms with van der Waals surface area (Å²) in [5.41, 5.74) is -0.664. The van der Waals surface area contributed by atoms with E-state index >= 15 is 0 Å². The molecule has 3 aliphatic rings. The van der Waals surface area contributed by atoms with Crippen LogP contribution in [0, 0.1) is 22.7 Å². The number of likely N-dealkylation sites (tertiary alicyclic amines) is 1. The van der Waals surface area contributed by atoms with E-state index in [-0.39, 0.29) is 5.91 Å². The Kier molecular flexibility index (Phi) is 2.61. The Hall–Kier alpha value is -1.04. The van der Waals surface area contributed by atoms with Gasteiger partial charge in [-0.3, -0.25) is 4.79 Å². The zero-order valence-electron chi connectivity index (χ0n) is 10.3. The number of rotatable bonds is 1. The minimum Gasteiger partial charge on any atom is -0.338 e. The number of nitrogens with zero attached hydrogens (tertiary/aromatic N) is 2. The van der Waals surface area contributed by atoms with Gasteiger partial charge in [0.2, 0.25) is 5.91 Å². The van der Waals surface area contributed by atoms with Crippen molar-refractivity contribution in [2.45, 2.75) is 57.4 Å². The van der Waals surface area contributed by atoms with E-state index < -0.39 is 5.41 Å². The molecule has 0 aromatic carbocycles. The first-order valence-corrected chi connectivity index (χ1v) is 6.97. The molecule has 2 saturated carbocycles. The summed E-state index contributed by atoms with van der Waals surface area (Å²) in [6.45, 7) is 0.924. The van der Waals surface area contributed by atoms with Gasteiger partial charge in [0, 0.05) is 12.6 Å². The first-order chi connectivity index (χ1) is 8.25. The number of fused-ring (bicyclic) bond motifs is 2. The number of hydrogen-bond donors (Lipinski definition) is 0. The highest BCUT2D eigenvalue weighted by molar-refractivity contribution is 5.86. The average Bonchev–Trinajstić information content (AvgIpc) is 3.01. The maximum Gasteiger partial charge on any atom is 0.243 e. The monoisotopic (exact) mass is 232 g/mol. The molecule has 0 radical (unpaired) electrons. The highest BCUT2D eigenvalue weighted by Gasteiger charge is 2.48. The number of carbonyl (C=O) groups is 1. The first kappa shape index (κ1) is 11.1. The number of hydrogen-bond acceptors (Lipinski definition) is 2. The third-order valence-electron chi connectivity index (χ3n) is 5.00. The fourth-order valence-corrected chi connectivity index (χ4v) is 3.98. The van der Waals surface area contributed by atoms with Crippen LogP contribution in [0.4, 0.5) is 0 Å². The molecule has 2 atom stereocenters. The second-order valence-electron chi connectivity index (χ2n) is 6.04. The highest BCUT2D eigenvalue weighted by atomic mass is 16.2. The van der Waals surface area contributed by atoms with Gasteiger partial charge in [0.15, 0.2) is 0 Å². The minimum absolute atomic E-state index is 0.159. The highest BCUT2D eigenvalue weighted by Crippen LogP contribution is 2.43. The van der Waals surface area contributed by atoms with E-state index in [0.717, 1.165) is 44.6 Å². The third-order valence-corrected chi connectivity index (χ3v) is 5.00. The normalized spacial score (nSPS) is 34.6. The molecule has 3 rings (SSSR count). The van der Waals surface area contributed by atoms with Gasteiger partial charge in [-0.05, 0) is 38.0 Å². The number of carbonyl (C=O) groups excluding carboxylic acids is 1. The van der Waals surface area contributed by atoms with E-state index in [1.165, 1.54) is 19.3 Å². The van der Waals surface area contributed by atoms with Gasteiger partial charge >= 0.3 is 0 Å². The van der Waals surface area contributed by atoms with Crippen molar-refractivity contribution in [3.05, 3.63) is 0 Å². The van der Waals surface area contributed by atoms with Crippen molar-refractivity contribution in [3.8, 4) is 6.07 Å². The van der Waals surface area contributed by atoms with Crippen molar-refractivity contribution >= 4 is 5.91 Å². The number of amides is 1. The Bertz CT molecular complexity index is 365. The van der Waals surface area contributed by atoms with Crippen molar-refractivity contribution in [2.75, 3.05) is 6.54 Å². The smallest absolute Gasteiger partial charge is 0.243 e. The lowest BCUT2D eigenvalue weighted by molar-refractivity contribution is -0.142. The number of piperidine rings is 1. The minimum atomic E-state index is -0.664. The topological polar surface area (TPSA) is 44.1 Å². The fraction of sp³-hybridized carbons (Fsp3) is 0.857. The van der Waals surface area contributed by atoms with Gasteiger partial charge in [-0.2, -0.15) is 5.26 Å². The predicted molar refractivity (Wildman–Crippen MR) is 64.0 cm³/mol. The van der Waals surface area contributed by atoms with Crippen LogP contribution in [0.15, 0.2) is 0 Å². The molecule has 2 unspecified atom stereocenters. The van der Waals surface area contributed by atoms with Crippen LogP contribution in [0.25, 0.3) is 0 Å². The quantitative estimate of drug-likeness (QED) is 0.697. The predicted octanol–water partition coefficient (Wildman–Crippen LogP) is 2.47. The summed E-state index contributed by atoms with van der Waals surface area (Å²) in [7, 11) is 0. The lowest BCUT2D eigenvalue weighted by Gasteiger charge is -2.36. The molecule has 3 heteroatoms. The van der Waals surface area contributed by atoms with Gasteiger partial charge in [0.05, 0.1) is 6.07 Å². The van der Waals surface area contributed by atoms with Gasteiger partial charge in [0.25, 0.3) is 0 Å². The van der Waals surface area contributed by atoms with Gasteiger partial charge in [0.1, 0.15) is 5.41 Å². The van der Waals surface area contributed by atoms with Gasteiger partial charge in [-0.15, -0.1) is 0 Å². The average molecular weight is 232 g/mol. The molecule has 1 heterocycles. The molecule has 1 amide bonds. The molecular weight excluding hydrogens is 212 g/mol. The first-order valence-electron chi connectivity index (χ1n) is 6.97. The van der Waals surface area contributed by atoms with E-state index in [0.29, 0.717) is 6.04 Å². The SMILES string of the molecule is N#CC1(C(=O)N2CC3CCC2C3)CCCCC1. The van der Waals surface area contributed by atoms with Crippen LogP contribution >= 0.6 is 0 Å². The molecule has 0 aromatic heterocycles. The molecule has 3 nitrogen and oxygen atoms in total. The van der Waals surface area contributed by atoms with Crippen LogP contribution in [0.1, 0.15) is 51.4 Å². The third kappa shape index (κ3) is 1.66. The molecule has 0 aromatic rings. The molecule has 2 bridgehead atoms. The Morgan fingerprint density at radius 1 is 1.24 bits per heavy atom. The molecule has 1 aliphatic heterocycles. The Morgan fingerprint density at radius 2 is 2.00 bits per heavy atom. The lowest BCUT2D eigenvalue weighted by Crippen LogP contribution is -2.47. The van der Waals surface area contributed by atoms with Crippen LogP contribution in [-0.4, -0.2) is 23.4 Å². The summed E-state index contributed by atoms with van der Waals surface area (Å²) >= 11 is 0.